The Hall–Kier alpha value is -2.61. The molecule has 3 N–H and O–H groups in total. The van der Waals surface area contributed by atoms with Gasteiger partial charge in [-0.3, -0.25) is 4.31 Å². The monoisotopic (exact) mass is 483 g/mol. The fraction of sp³-hybridized carbons (Fsp3) is 0.308. The number of carbonyl (C=O) groups excluding carboxylic acids is 1. The molecule has 3 rings (SSSR count). The van der Waals surface area contributed by atoms with Crippen LogP contribution in [0.25, 0.3) is 17.3 Å². The number of amides is 1. The molecule has 0 atom stereocenters. The molecule has 33 heavy (non-hydrogen) atoms. The highest BCUT2D eigenvalue weighted by Gasteiger charge is 2.16. The average Bonchev–Trinajstić information content (AvgIpc) is 3.29. The Bertz CT molecular complexity index is 1050. The van der Waals surface area contributed by atoms with Crippen molar-refractivity contribution < 1.29 is 18.8 Å². The number of methoxy groups -OCH3 is 1. The van der Waals surface area contributed by atoms with Gasteiger partial charge in [0.05, 0.1) is 25.1 Å². The Morgan fingerprint density at radius 2 is 1.76 bits per heavy atom. The van der Waals surface area contributed by atoms with Gasteiger partial charge in [-0.15, -0.1) is 0 Å². The highest BCUT2D eigenvalue weighted by Crippen LogP contribution is 2.23. The molecule has 0 spiro atoms. The molecule has 0 aliphatic heterocycles. The zero-order valence-corrected chi connectivity index (χ0v) is 21.4. The zero-order valence-electron chi connectivity index (χ0n) is 19.7. The van der Waals surface area contributed by atoms with Gasteiger partial charge in [-0.2, -0.15) is 5.32 Å². The molecule has 2 aromatic carbocycles. The van der Waals surface area contributed by atoms with Crippen LogP contribution in [0.2, 0.25) is 0 Å². The topological polar surface area (TPSA) is 56.9 Å². The lowest BCUT2D eigenvalue weighted by molar-refractivity contribution is -0.755. The summed E-state index contributed by atoms with van der Waals surface area (Å²) in [5.41, 5.74) is 3.67. The third-order valence-electron chi connectivity index (χ3n) is 5.11. The lowest BCUT2D eigenvalue weighted by Crippen LogP contribution is -3.05. The van der Waals surface area contributed by atoms with E-state index < -0.39 is 0 Å². The third-order valence-corrected chi connectivity index (χ3v) is 7.11. The number of hydrogen-bond acceptors (Lipinski definition) is 4. The highest BCUT2D eigenvalue weighted by molar-refractivity contribution is 7.93. The largest absolute Gasteiger partial charge is 0.497 e. The van der Waals surface area contributed by atoms with Crippen LogP contribution in [-0.4, -0.2) is 26.1 Å². The van der Waals surface area contributed by atoms with Gasteiger partial charge in [0.25, 0.3) is 0 Å². The maximum absolute atomic E-state index is 12.7. The number of hydrogen-bond donors (Lipinski definition) is 2. The minimum atomic E-state index is -0.116. The normalized spacial score (nSPS) is 11.6. The Morgan fingerprint density at radius 3 is 2.36 bits per heavy atom. The van der Waals surface area contributed by atoms with Gasteiger partial charge in [-0.1, -0.05) is 37.3 Å². The van der Waals surface area contributed by atoms with Crippen LogP contribution in [-0.2, 0) is 4.79 Å². The molecular formula is C26H33N3O2S2+2. The van der Waals surface area contributed by atoms with Crippen LogP contribution in [0.1, 0.15) is 39.2 Å². The van der Waals surface area contributed by atoms with Crippen LogP contribution in [0.3, 0.4) is 0 Å². The van der Waals surface area contributed by atoms with Gasteiger partial charge in [-0.05, 0) is 67.8 Å². The molecule has 7 heteroatoms. The van der Waals surface area contributed by atoms with Crippen molar-refractivity contribution in [2.75, 3.05) is 25.5 Å². The number of aromatic amines is 1. The molecule has 1 amide bonds. The Labute approximate surface area is 205 Å². The zero-order chi connectivity index (χ0) is 23.6. The first-order valence-electron chi connectivity index (χ1n) is 11.3. The van der Waals surface area contributed by atoms with Gasteiger partial charge < -0.3 is 4.74 Å². The molecular weight excluding hydrogens is 450 g/mol. The standard InChI is InChI=1S/C26H31N3O2S2/c1-5-15-29(16-6-2)33-23-13-7-20(8-14-23)17-19(3)25(30)28-26-27-24(18-32-26)21-9-11-22(31-4)12-10-21/h7-14,17-18H,5-6,15-16H2,1-4H3,(H,27,28,30)/p+2/b19-17+. The summed E-state index contributed by atoms with van der Waals surface area (Å²) in [7, 11) is 1.65. The molecule has 0 saturated heterocycles. The van der Waals surface area contributed by atoms with Gasteiger partial charge in [0, 0.05) is 16.5 Å². The van der Waals surface area contributed by atoms with Crippen molar-refractivity contribution in [3.63, 3.8) is 0 Å². The molecule has 0 aliphatic rings. The molecule has 174 valence electrons. The predicted octanol–water partition coefficient (Wildman–Crippen LogP) is 4.99. The summed E-state index contributed by atoms with van der Waals surface area (Å²) in [6.07, 6.45) is 4.28. The molecule has 0 saturated carbocycles. The van der Waals surface area contributed by atoms with Crippen molar-refractivity contribution in [2.24, 2.45) is 0 Å². The van der Waals surface area contributed by atoms with Crippen molar-refractivity contribution >= 4 is 40.4 Å². The van der Waals surface area contributed by atoms with Gasteiger partial charge in [0.15, 0.2) is 0 Å². The maximum Gasteiger partial charge on any atom is 0.339 e. The summed E-state index contributed by atoms with van der Waals surface area (Å²) < 4.78 is 6.75. The molecule has 0 fully saturated rings. The van der Waals surface area contributed by atoms with Crippen LogP contribution in [0.15, 0.2) is 64.4 Å². The summed E-state index contributed by atoms with van der Waals surface area (Å²) in [6, 6.07) is 16.2. The van der Waals surface area contributed by atoms with Gasteiger partial charge >= 0.3 is 11.0 Å². The second kappa shape index (κ2) is 12.6. The van der Waals surface area contributed by atoms with E-state index in [1.54, 1.807) is 11.4 Å². The van der Waals surface area contributed by atoms with Crippen molar-refractivity contribution in [1.82, 2.24) is 0 Å². The SMILES string of the molecule is CCC[NH+](CCC)Sc1ccc(/C=C(\C)C(=O)Nc2[nH+]c(-c3ccc(OC)cc3)cs2)cc1. The van der Waals surface area contributed by atoms with Crippen molar-refractivity contribution in [3.8, 4) is 17.0 Å². The Morgan fingerprint density at radius 1 is 1.09 bits per heavy atom. The number of benzene rings is 2. The lowest BCUT2D eigenvalue weighted by Gasteiger charge is -2.15. The quantitative estimate of drug-likeness (QED) is 0.298. The summed E-state index contributed by atoms with van der Waals surface area (Å²) in [4.78, 5) is 17.2. The first-order chi connectivity index (χ1) is 16.0. The van der Waals surface area contributed by atoms with Crippen LogP contribution < -0.4 is 19.3 Å². The number of rotatable bonds is 11. The average molecular weight is 484 g/mol. The van der Waals surface area contributed by atoms with E-state index in [9.17, 15) is 4.79 Å². The predicted molar refractivity (Wildman–Crippen MR) is 139 cm³/mol. The molecule has 5 nitrogen and oxygen atoms in total. The summed E-state index contributed by atoms with van der Waals surface area (Å²) in [5, 5.41) is 5.67. The van der Waals surface area contributed by atoms with E-state index in [1.807, 2.05) is 54.6 Å². The fourth-order valence-electron chi connectivity index (χ4n) is 3.37. The van der Waals surface area contributed by atoms with E-state index in [0.717, 1.165) is 22.6 Å². The number of quaternary nitrogens is 1. The number of carbonyl (C=O) groups is 1. The number of aromatic nitrogens is 1. The molecule has 1 heterocycles. The van der Waals surface area contributed by atoms with E-state index in [1.165, 1.54) is 42.2 Å². The molecule has 0 aliphatic carbocycles. The van der Waals surface area contributed by atoms with Crippen molar-refractivity contribution in [1.29, 1.82) is 0 Å². The van der Waals surface area contributed by atoms with Crippen LogP contribution in [0.5, 0.6) is 5.75 Å². The van der Waals surface area contributed by atoms with Crippen LogP contribution >= 0.6 is 23.3 Å². The lowest BCUT2D eigenvalue weighted by atomic mass is 10.1. The van der Waals surface area contributed by atoms with Gasteiger partial charge in [-0.25, -0.2) is 9.78 Å². The smallest absolute Gasteiger partial charge is 0.339 e. The number of ether oxygens (including phenoxy) is 1. The van der Waals surface area contributed by atoms with Gasteiger partial charge in [0.2, 0.25) is 0 Å². The molecule has 3 aromatic rings. The molecule has 0 unspecified atom stereocenters. The van der Waals surface area contributed by atoms with Crippen molar-refractivity contribution in [2.45, 2.75) is 38.5 Å². The van der Waals surface area contributed by atoms with E-state index in [-0.39, 0.29) is 5.91 Å². The summed E-state index contributed by atoms with van der Waals surface area (Å²) in [6.45, 7) is 8.63. The molecule has 0 bridgehead atoms. The molecule has 1 aromatic heterocycles. The van der Waals surface area contributed by atoms with Crippen molar-refractivity contribution in [3.05, 3.63) is 65.0 Å². The first kappa shape index (κ1) is 25.0. The van der Waals surface area contributed by atoms with Gasteiger partial charge in [0.1, 0.15) is 23.4 Å². The number of nitrogens with one attached hydrogen (secondary N) is 3. The second-order valence-electron chi connectivity index (χ2n) is 7.82. The van der Waals surface area contributed by atoms with Crippen LogP contribution in [0, 0.1) is 0 Å². The van der Waals surface area contributed by atoms with E-state index >= 15 is 0 Å². The fourth-order valence-corrected chi connectivity index (χ4v) is 5.34. The number of anilines is 1. The third kappa shape index (κ3) is 7.45. The first-order valence-corrected chi connectivity index (χ1v) is 13.0. The number of H-pyrrole nitrogens is 1. The minimum absolute atomic E-state index is 0.116. The second-order valence-corrected chi connectivity index (χ2v) is 9.96. The Balaban J connectivity index is 1.60. The molecule has 0 radical (unpaired) electrons. The minimum Gasteiger partial charge on any atom is -0.497 e. The summed E-state index contributed by atoms with van der Waals surface area (Å²) in [5.74, 6) is 0.699. The van der Waals surface area contributed by atoms with E-state index in [4.69, 9.17) is 4.74 Å². The summed E-state index contributed by atoms with van der Waals surface area (Å²) >= 11 is 3.35. The Kier molecular flexibility index (Phi) is 9.54. The van der Waals surface area contributed by atoms with Crippen LogP contribution in [0.4, 0.5) is 5.13 Å². The number of thiazole rings is 1. The maximum atomic E-state index is 12.7. The van der Waals surface area contributed by atoms with E-state index in [2.05, 4.69) is 48.4 Å². The van der Waals surface area contributed by atoms with E-state index in [0.29, 0.717) is 10.7 Å². The highest BCUT2D eigenvalue weighted by atomic mass is 32.2.